The van der Waals surface area contributed by atoms with Crippen molar-refractivity contribution in [1.82, 2.24) is 24.1 Å². The Labute approximate surface area is 321 Å². The molecule has 0 aliphatic heterocycles. The van der Waals surface area contributed by atoms with Gasteiger partial charge >= 0.3 is 0 Å². The maximum absolute atomic E-state index is 5.41. The van der Waals surface area contributed by atoms with Crippen LogP contribution in [-0.4, -0.2) is 24.1 Å². The minimum Gasteiger partial charge on any atom is -0.307 e. The number of nitrogens with zero attached hydrogens (tertiary/aromatic N) is 5. The van der Waals surface area contributed by atoms with E-state index in [2.05, 4.69) is 161 Å². The Balaban J connectivity index is 1.32. The molecule has 0 unspecified atom stereocenters. The summed E-state index contributed by atoms with van der Waals surface area (Å²) in [5.74, 6) is 0. The Kier molecular flexibility index (Phi) is 7.28. The molecule has 5 nitrogen and oxygen atoms in total. The van der Waals surface area contributed by atoms with E-state index in [1.165, 1.54) is 16.2 Å². The van der Waals surface area contributed by atoms with Crippen LogP contribution in [0.1, 0.15) is 0 Å². The maximum atomic E-state index is 5.41. The third kappa shape index (κ3) is 5.11. The second-order valence-corrected chi connectivity index (χ2v) is 14.6. The van der Waals surface area contributed by atoms with Crippen LogP contribution in [0.15, 0.2) is 188 Å². The second kappa shape index (κ2) is 12.8. The fourth-order valence-corrected chi connectivity index (χ4v) is 9.11. The number of aromatic nitrogens is 5. The van der Waals surface area contributed by atoms with Crippen molar-refractivity contribution in [3.05, 3.63) is 188 Å². The molecule has 0 N–H and O–H groups in total. The molecule has 0 amide bonds. The number of benzene rings is 6. The number of thiazole rings is 1. The van der Waals surface area contributed by atoms with E-state index in [0.717, 1.165) is 82.5 Å². The Morgan fingerprint density at radius 2 is 0.909 bits per heavy atom. The largest absolute Gasteiger partial charge is 0.307 e. The van der Waals surface area contributed by atoms with Crippen molar-refractivity contribution in [2.24, 2.45) is 0 Å². The third-order valence-electron chi connectivity index (χ3n) is 10.5. The van der Waals surface area contributed by atoms with Crippen molar-refractivity contribution < 1.29 is 0 Å². The number of pyridine rings is 2. The highest BCUT2D eigenvalue weighted by Crippen LogP contribution is 2.46. The molecule has 258 valence electrons. The Morgan fingerprint density at radius 3 is 1.47 bits per heavy atom. The molecular weight excluding hydrogens is 691 g/mol. The van der Waals surface area contributed by atoms with E-state index in [1.54, 1.807) is 11.3 Å². The van der Waals surface area contributed by atoms with Gasteiger partial charge in [0.2, 0.25) is 0 Å². The molecule has 0 fully saturated rings. The predicted molar refractivity (Wildman–Crippen MR) is 228 cm³/mol. The van der Waals surface area contributed by atoms with Crippen LogP contribution in [0.2, 0.25) is 0 Å². The minimum atomic E-state index is 0.945. The first-order valence-corrected chi connectivity index (χ1v) is 19.2. The molecule has 6 aromatic carbocycles. The first kappa shape index (κ1) is 31.4. The number of hydrogen-bond donors (Lipinski definition) is 0. The molecule has 0 aliphatic rings. The lowest BCUT2D eigenvalue weighted by Crippen LogP contribution is -1.98. The Bertz CT molecular complexity index is 3170. The summed E-state index contributed by atoms with van der Waals surface area (Å²) in [5, 5.41) is 6.72. The van der Waals surface area contributed by atoms with Crippen molar-refractivity contribution in [2.75, 3.05) is 0 Å². The van der Waals surface area contributed by atoms with E-state index in [0.29, 0.717) is 0 Å². The van der Waals surface area contributed by atoms with Crippen molar-refractivity contribution in [3.8, 4) is 55.0 Å². The van der Waals surface area contributed by atoms with Crippen LogP contribution in [0, 0.1) is 0 Å². The molecule has 0 radical (unpaired) electrons. The number of fused-ring (bicyclic) bond motifs is 7. The van der Waals surface area contributed by atoms with Crippen LogP contribution < -0.4 is 0 Å². The van der Waals surface area contributed by atoms with Crippen LogP contribution >= 0.6 is 11.3 Å². The van der Waals surface area contributed by atoms with Gasteiger partial charge < -0.3 is 4.57 Å². The van der Waals surface area contributed by atoms with Crippen molar-refractivity contribution in [3.63, 3.8) is 0 Å². The average molecular weight is 722 g/mol. The predicted octanol–water partition coefficient (Wildman–Crippen LogP) is 12.8. The van der Waals surface area contributed by atoms with Crippen molar-refractivity contribution in [2.45, 2.75) is 0 Å². The van der Waals surface area contributed by atoms with Crippen molar-refractivity contribution in [1.29, 1.82) is 0 Å². The monoisotopic (exact) mass is 721 g/mol. The average Bonchev–Trinajstić information content (AvgIpc) is 3.95. The standard InChI is InChI=1S/C49H31N5S/c1-4-14-32(15-5-1)45-49(55-48(52-45)33-16-6-2-7-17-33)54-44-27-23-35(42-21-11-13-29-51-42)31-40(44)38-25-24-37-39-30-34(41-20-10-12-28-50-41)22-26-43(39)53(46(37)47(38)54)36-18-8-3-9-19-36/h1-31H. The van der Waals surface area contributed by atoms with Gasteiger partial charge in [0.05, 0.1) is 33.5 Å². The fraction of sp³-hybridized carbons (Fsp3) is 0. The van der Waals surface area contributed by atoms with E-state index in [-0.39, 0.29) is 0 Å². The normalized spacial score (nSPS) is 11.6. The number of hydrogen-bond acceptors (Lipinski definition) is 4. The topological polar surface area (TPSA) is 48.5 Å². The van der Waals surface area contributed by atoms with E-state index >= 15 is 0 Å². The van der Waals surface area contributed by atoms with Gasteiger partial charge in [0, 0.05) is 61.9 Å². The van der Waals surface area contributed by atoms with Gasteiger partial charge in [-0.3, -0.25) is 14.5 Å². The van der Waals surface area contributed by atoms with Gasteiger partial charge in [-0.05, 0) is 60.7 Å². The molecule has 11 aromatic rings. The van der Waals surface area contributed by atoms with Gasteiger partial charge in [0.15, 0.2) is 0 Å². The first-order chi connectivity index (χ1) is 27.3. The summed E-state index contributed by atoms with van der Waals surface area (Å²) in [7, 11) is 0. The zero-order valence-electron chi connectivity index (χ0n) is 29.5. The lowest BCUT2D eigenvalue weighted by molar-refractivity contribution is 1.16. The summed E-state index contributed by atoms with van der Waals surface area (Å²) >= 11 is 1.73. The molecule has 5 heterocycles. The van der Waals surface area contributed by atoms with Crippen LogP contribution in [-0.2, 0) is 0 Å². The molecule has 0 aliphatic carbocycles. The molecule has 11 rings (SSSR count). The highest BCUT2D eigenvalue weighted by molar-refractivity contribution is 7.18. The second-order valence-electron chi connectivity index (χ2n) is 13.7. The summed E-state index contributed by atoms with van der Waals surface area (Å²) < 4.78 is 4.91. The van der Waals surface area contributed by atoms with E-state index < -0.39 is 0 Å². The molecule has 0 bridgehead atoms. The minimum absolute atomic E-state index is 0.945. The molecule has 0 saturated carbocycles. The summed E-state index contributed by atoms with van der Waals surface area (Å²) in [6, 6.07) is 62.1. The SMILES string of the molecule is c1ccc(-c2nc(-c3ccccc3)c(-n3c4ccc(-c5ccccn5)cc4c4ccc5c6cc(-c7ccccn7)ccc6n(-c6ccccc6)c5c43)s2)cc1. The number of rotatable bonds is 6. The smallest absolute Gasteiger partial charge is 0.129 e. The lowest BCUT2D eigenvalue weighted by atomic mass is 10.0. The lowest BCUT2D eigenvalue weighted by Gasteiger charge is -2.12. The highest BCUT2D eigenvalue weighted by Gasteiger charge is 2.25. The van der Waals surface area contributed by atoms with Gasteiger partial charge in [-0.2, -0.15) is 0 Å². The molecule has 0 atom stereocenters. The van der Waals surface area contributed by atoms with Crippen LogP contribution in [0.3, 0.4) is 0 Å². The summed E-state index contributed by atoms with van der Waals surface area (Å²) in [6.07, 6.45) is 3.72. The quantitative estimate of drug-likeness (QED) is 0.172. The highest BCUT2D eigenvalue weighted by atomic mass is 32.1. The van der Waals surface area contributed by atoms with Crippen LogP contribution in [0.4, 0.5) is 0 Å². The number of para-hydroxylation sites is 1. The van der Waals surface area contributed by atoms with E-state index in [1.807, 2.05) is 36.7 Å². The van der Waals surface area contributed by atoms with E-state index in [9.17, 15) is 0 Å². The summed E-state index contributed by atoms with van der Waals surface area (Å²) in [6.45, 7) is 0. The van der Waals surface area contributed by atoms with E-state index in [4.69, 9.17) is 15.0 Å². The summed E-state index contributed by atoms with van der Waals surface area (Å²) in [5.41, 5.74) is 12.8. The summed E-state index contributed by atoms with van der Waals surface area (Å²) in [4.78, 5) is 14.9. The van der Waals surface area contributed by atoms with Gasteiger partial charge in [-0.15, -0.1) is 0 Å². The zero-order valence-corrected chi connectivity index (χ0v) is 30.4. The Morgan fingerprint density at radius 1 is 0.400 bits per heavy atom. The Hall–Kier alpha value is -7.15. The van der Waals surface area contributed by atoms with Gasteiger partial charge in [0.25, 0.3) is 0 Å². The zero-order chi connectivity index (χ0) is 36.3. The molecule has 6 heteroatoms. The maximum Gasteiger partial charge on any atom is 0.129 e. The van der Waals surface area contributed by atoms with Gasteiger partial charge in [-0.1, -0.05) is 127 Å². The van der Waals surface area contributed by atoms with Crippen LogP contribution in [0.25, 0.3) is 98.6 Å². The molecule has 0 saturated heterocycles. The molecule has 0 spiro atoms. The fourth-order valence-electron chi connectivity index (χ4n) is 8.00. The molecular formula is C49H31N5S. The first-order valence-electron chi connectivity index (χ1n) is 18.4. The molecule has 5 aromatic heterocycles. The van der Waals surface area contributed by atoms with Gasteiger partial charge in [-0.25, -0.2) is 4.98 Å². The van der Waals surface area contributed by atoms with Gasteiger partial charge in [0.1, 0.15) is 15.7 Å². The van der Waals surface area contributed by atoms with Crippen LogP contribution in [0.5, 0.6) is 0 Å². The third-order valence-corrected chi connectivity index (χ3v) is 11.6. The molecule has 55 heavy (non-hydrogen) atoms. The van der Waals surface area contributed by atoms with Crippen molar-refractivity contribution >= 4 is 54.9 Å².